The number of carbonyl (C=O) groups is 1. The number of aryl methyl sites for hydroxylation is 1. The van der Waals surface area contributed by atoms with Crippen LogP contribution >= 0.6 is 0 Å². The van der Waals surface area contributed by atoms with Gasteiger partial charge in [0.1, 0.15) is 5.82 Å². The molecular formula is C20H29FN2O2. The second kappa shape index (κ2) is 8.77. The molecule has 1 aromatic carbocycles. The van der Waals surface area contributed by atoms with E-state index in [1.807, 2.05) is 19.1 Å². The van der Waals surface area contributed by atoms with Gasteiger partial charge in [0, 0.05) is 38.8 Å². The number of hydrogen-bond donors (Lipinski definition) is 1. The van der Waals surface area contributed by atoms with Crippen LogP contribution in [0.1, 0.15) is 36.8 Å². The Balaban J connectivity index is 1.45. The number of hydrogen-bond acceptors (Lipinski definition) is 3. The van der Waals surface area contributed by atoms with Crippen LogP contribution in [-0.2, 0) is 16.1 Å². The van der Waals surface area contributed by atoms with Crippen LogP contribution < -0.4 is 5.32 Å². The van der Waals surface area contributed by atoms with Crippen molar-refractivity contribution in [3.8, 4) is 0 Å². The van der Waals surface area contributed by atoms with E-state index in [9.17, 15) is 9.18 Å². The standard InChI is InChI=1S/C20H29FN2O2/c1-15-11-16(4-5-19(15)21)13-23-8-2-3-17(14-23)12-22-20(24)18-6-9-25-10-7-18/h4-5,11,17-18H,2-3,6-10,12-14H2,1H3,(H,22,24)/t17-/m0/s1. The topological polar surface area (TPSA) is 41.6 Å². The second-order valence-corrected chi connectivity index (χ2v) is 7.46. The van der Waals surface area contributed by atoms with E-state index in [0.29, 0.717) is 24.7 Å². The molecule has 2 saturated heterocycles. The third-order valence-electron chi connectivity index (χ3n) is 5.39. The SMILES string of the molecule is Cc1cc(CN2CCC[C@@H](CNC(=O)C3CCOCC3)C2)ccc1F. The number of amides is 1. The number of nitrogens with one attached hydrogen (secondary N) is 1. The number of carbonyl (C=O) groups excluding carboxylic acids is 1. The average molecular weight is 348 g/mol. The number of benzene rings is 1. The number of piperidine rings is 1. The van der Waals surface area contributed by atoms with Gasteiger partial charge in [0.25, 0.3) is 0 Å². The molecule has 2 heterocycles. The first-order valence-electron chi connectivity index (χ1n) is 9.44. The Hall–Kier alpha value is -1.46. The van der Waals surface area contributed by atoms with Gasteiger partial charge < -0.3 is 10.1 Å². The highest BCUT2D eigenvalue weighted by Crippen LogP contribution is 2.20. The zero-order valence-electron chi connectivity index (χ0n) is 15.1. The Morgan fingerprint density at radius 3 is 2.88 bits per heavy atom. The summed E-state index contributed by atoms with van der Waals surface area (Å²) in [6.07, 6.45) is 3.99. The summed E-state index contributed by atoms with van der Waals surface area (Å²) in [5, 5.41) is 3.15. The number of halogens is 1. The summed E-state index contributed by atoms with van der Waals surface area (Å²) < 4.78 is 18.7. The summed E-state index contributed by atoms with van der Waals surface area (Å²) in [5.41, 5.74) is 1.86. The fourth-order valence-electron chi connectivity index (χ4n) is 3.87. The van der Waals surface area contributed by atoms with Gasteiger partial charge in [-0.25, -0.2) is 4.39 Å². The Bertz CT molecular complexity index is 587. The average Bonchev–Trinajstić information content (AvgIpc) is 2.64. The van der Waals surface area contributed by atoms with E-state index in [0.717, 1.165) is 57.4 Å². The Kier molecular flexibility index (Phi) is 6.43. The number of rotatable bonds is 5. The maximum atomic E-state index is 13.4. The lowest BCUT2D eigenvalue weighted by atomic mass is 9.96. The Labute approximate surface area is 149 Å². The van der Waals surface area contributed by atoms with Gasteiger partial charge >= 0.3 is 0 Å². The third kappa shape index (κ3) is 5.25. The maximum Gasteiger partial charge on any atom is 0.223 e. The molecule has 25 heavy (non-hydrogen) atoms. The zero-order valence-corrected chi connectivity index (χ0v) is 15.1. The predicted molar refractivity (Wildman–Crippen MR) is 95.7 cm³/mol. The fraction of sp³-hybridized carbons (Fsp3) is 0.650. The van der Waals surface area contributed by atoms with E-state index in [-0.39, 0.29) is 17.6 Å². The smallest absolute Gasteiger partial charge is 0.223 e. The molecule has 2 fully saturated rings. The van der Waals surface area contributed by atoms with Crippen LogP contribution in [0.25, 0.3) is 0 Å². The van der Waals surface area contributed by atoms with E-state index < -0.39 is 0 Å². The van der Waals surface area contributed by atoms with Gasteiger partial charge in [0.05, 0.1) is 0 Å². The summed E-state index contributed by atoms with van der Waals surface area (Å²) in [4.78, 5) is 14.7. The van der Waals surface area contributed by atoms with Crippen molar-refractivity contribution in [1.82, 2.24) is 10.2 Å². The van der Waals surface area contributed by atoms with E-state index in [1.165, 1.54) is 0 Å². The molecule has 0 radical (unpaired) electrons. The third-order valence-corrected chi connectivity index (χ3v) is 5.39. The van der Waals surface area contributed by atoms with Crippen molar-refractivity contribution < 1.29 is 13.9 Å². The summed E-state index contributed by atoms with van der Waals surface area (Å²) in [6.45, 7) is 6.88. The molecule has 1 atom stereocenters. The minimum absolute atomic E-state index is 0.121. The van der Waals surface area contributed by atoms with Crippen LogP contribution in [0, 0.1) is 24.6 Å². The van der Waals surface area contributed by atoms with Crippen molar-refractivity contribution in [2.24, 2.45) is 11.8 Å². The summed E-state index contributed by atoms with van der Waals surface area (Å²) in [7, 11) is 0. The summed E-state index contributed by atoms with van der Waals surface area (Å²) in [5.74, 6) is 0.667. The summed E-state index contributed by atoms with van der Waals surface area (Å²) in [6, 6.07) is 5.37. The van der Waals surface area contributed by atoms with E-state index in [4.69, 9.17) is 4.74 Å². The lowest BCUT2D eigenvalue weighted by Gasteiger charge is -2.33. The van der Waals surface area contributed by atoms with Gasteiger partial charge in [0.15, 0.2) is 0 Å². The molecule has 1 N–H and O–H groups in total. The molecule has 0 aromatic heterocycles. The van der Waals surface area contributed by atoms with Crippen molar-refractivity contribution in [2.75, 3.05) is 32.8 Å². The first kappa shape index (κ1) is 18.3. The largest absolute Gasteiger partial charge is 0.381 e. The number of likely N-dealkylation sites (tertiary alicyclic amines) is 1. The summed E-state index contributed by atoms with van der Waals surface area (Å²) >= 11 is 0. The van der Waals surface area contributed by atoms with Gasteiger partial charge in [-0.2, -0.15) is 0 Å². The first-order valence-corrected chi connectivity index (χ1v) is 9.44. The molecule has 138 valence electrons. The van der Waals surface area contributed by atoms with Crippen molar-refractivity contribution >= 4 is 5.91 Å². The molecule has 1 amide bonds. The van der Waals surface area contributed by atoms with Gasteiger partial charge in [-0.05, 0) is 62.3 Å². The number of ether oxygens (including phenoxy) is 1. The van der Waals surface area contributed by atoms with E-state index in [1.54, 1.807) is 6.07 Å². The monoisotopic (exact) mass is 348 g/mol. The molecule has 5 heteroatoms. The first-order chi connectivity index (χ1) is 12.1. The van der Waals surface area contributed by atoms with Crippen molar-refractivity contribution in [3.63, 3.8) is 0 Å². The van der Waals surface area contributed by atoms with Gasteiger partial charge in [-0.3, -0.25) is 9.69 Å². The van der Waals surface area contributed by atoms with Crippen LogP contribution in [0.5, 0.6) is 0 Å². The molecule has 1 aromatic rings. The Morgan fingerprint density at radius 1 is 1.32 bits per heavy atom. The van der Waals surface area contributed by atoms with Gasteiger partial charge in [0.2, 0.25) is 5.91 Å². The quantitative estimate of drug-likeness (QED) is 0.890. The van der Waals surface area contributed by atoms with Crippen molar-refractivity contribution in [2.45, 2.75) is 39.2 Å². The van der Waals surface area contributed by atoms with Crippen molar-refractivity contribution in [1.29, 1.82) is 0 Å². The van der Waals surface area contributed by atoms with Crippen LogP contribution in [-0.4, -0.2) is 43.7 Å². The molecule has 2 aliphatic heterocycles. The second-order valence-electron chi connectivity index (χ2n) is 7.46. The minimum Gasteiger partial charge on any atom is -0.381 e. The Morgan fingerprint density at radius 2 is 2.12 bits per heavy atom. The molecule has 0 aliphatic carbocycles. The lowest BCUT2D eigenvalue weighted by Crippen LogP contribution is -2.42. The molecule has 0 bridgehead atoms. The van der Waals surface area contributed by atoms with Crippen molar-refractivity contribution in [3.05, 3.63) is 35.1 Å². The van der Waals surface area contributed by atoms with Gasteiger partial charge in [-0.1, -0.05) is 12.1 Å². The molecule has 2 aliphatic rings. The highest BCUT2D eigenvalue weighted by atomic mass is 19.1. The fourth-order valence-corrected chi connectivity index (χ4v) is 3.87. The normalized spacial score (nSPS) is 22.7. The molecule has 0 unspecified atom stereocenters. The van der Waals surface area contributed by atoms with E-state index in [2.05, 4.69) is 10.2 Å². The van der Waals surface area contributed by atoms with Crippen LogP contribution in [0.2, 0.25) is 0 Å². The predicted octanol–water partition coefficient (Wildman–Crippen LogP) is 2.89. The van der Waals surface area contributed by atoms with Crippen LogP contribution in [0.15, 0.2) is 18.2 Å². The molecular weight excluding hydrogens is 319 g/mol. The zero-order chi connectivity index (χ0) is 17.6. The highest BCUT2D eigenvalue weighted by molar-refractivity contribution is 5.78. The van der Waals surface area contributed by atoms with Crippen LogP contribution in [0.4, 0.5) is 4.39 Å². The molecule has 4 nitrogen and oxygen atoms in total. The van der Waals surface area contributed by atoms with E-state index >= 15 is 0 Å². The maximum absolute atomic E-state index is 13.4. The van der Waals surface area contributed by atoms with Gasteiger partial charge in [-0.15, -0.1) is 0 Å². The molecule has 0 saturated carbocycles. The molecule has 0 spiro atoms. The van der Waals surface area contributed by atoms with Crippen LogP contribution in [0.3, 0.4) is 0 Å². The lowest BCUT2D eigenvalue weighted by molar-refractivity contribution is -0.128. The minimum atomic E-state index is -0.143. The highest BCUT2D eigenvalue weighted by Gasteiger charge is 2.24. The molecule has 3 rings (SSSR count). The number of nitrogens with zero attached hydrogens (tertiary/aromatic N) is 1.